The quantitative estimate of drug-likeness (QED) is 0.666. The van der Waals surface area contributed by atoms with Gasteiger partial charge in [-0.15, -0.1) is 5.10 Å². The summed E-state index contributed by atoms with van der Waals surface area (Å²) < 4.78 is 0. The third-order valence-corrected chi connectivity index (χ3v) is 2.33. The maximum Gasteiger partial charge on any atom is 0.155 e. The zero-order chi connectivity index (χ0) is 10.3. The van der Waals surface area contributed by atoms with Gasteiger partial charge >= 0.3 is 0 Å². The Morgan fingerprint density at radius 3 is 2.71 bits per heavy atom. The molecule has 0 aliphatic rings. The molecule has 2 heterocycles. The highest BCUT2D eigenvalue weighted by Gasteiger charge is 2.20. The van der Waals surface area contributed by atoms with Crippen LogP contribution in [0.1, 0.15) is 26.3 Å². The fraction of sp³-hybridized carbons (Fsp3) is 0.400. The van der Waals surface area contributed by atoms with Crippen LogP contribution in [0.5, 0.6) is 0 Å². The van der Waals surface area contributed by atoms with Gasteiger partial charge in [0, 0.05) is 11.6 Å². The molecule has 0 saturated carbocycles. The Kier molecular flexibility index (Phi) is 1.74. The maximum atomic E-state index is 5.80. The van der Waals surface area contributed by atoms with Crippen LogP contribution in [0, 0.1) is 0 Å². The zero-order valence-electron chi connectivity index (χ0n) is 8.63. The van der Waals surface area contributed by atoms with Crippen LogP contribution in [0.25, 0.3) is 10.9 Å². The van der Waals surface area contributed by atoms with Gasteiger partial charge in [0.25, 0.3) is 0 Å². The van der Waals surface area contributed by atoms with Gasteiger partial charge in [0.2, 0.25) is 0 Å². The Morgan fingerprint density at radius 2 is 2.07 bits per heavy atom. The van der Waals surface area contributed by atoms with E-state index in [1.54, 1.807) is 6.20 Å². The topological polar surface area (TPSA) is 67.6 Å². The molecule has 4 heteroatoms. The van der Waals surface area contributed by atoms with E-state index in [2.05, 4.69) is 36.0 Å². The molecule has 0 aliphatic heterocycles. The van der Waals surface area contributed by atoms with Gasteiger partial charge in [-0.2, -0.15) is 5.10 Å². The average molecular weight is 190 g/mol. The molecule has 0 aliphatic carbocycles. The van der Waals surface area contributed by atoms with Gasteiger partial charge in [-0.05, 0) is 11.0 Å². The van der Waals surface area contributed by atoms with E-state index in [4.69, 9.17) is 5.73 Å². The van der Waals surface area contributed by atoms with Crippen molar-refractivity contribution in [3.8, 4) is 0 Å². The molecule has 0 amide bonds. The van der Waals surface area contributed by atoms with Crippen LogP contribution in [0.2, 0.25) is 0 Å². The second-order valence-electron chi connectivity index (χ2n) is 4.47. The number of aromatic amines is 1. The van der Waals surface area contributed by atoms with E-state index in [0.717, 1.165) is 10.9 Å². The molecule has 2 aromatic rings. The number of nitrogen functional groups attached to an aromatic ring is 1. The Labute approximate surface area is 82.5 Å². The second kappa shape index (κ2) is 2.70. The molecule has 0 bridgehead atoms. The monoisotopic (exact) mass is 190 g/mol. The molecule has 0 radical (unpaired) electrons. The number of nitrogens with zero attached hydrogens (tertiary/aromatic N) is 2. The summed E-state index contributed by atoms with van der Waals surface area (Å²) in [7, 11) is 0. The van der Waals surface area contributed by atoms with Crippen LogP contribution in [0.15, 0.2) is 12.4 Å². The Morgan fingerprint density at radius 1 is 1.36 bits per heavy atom. The highest BCUT2D eigenvalue weighted by atomic mass is 15.1. The number of nitrogens with one attached hydrogen (secondary N) is 1. The number of rotatable bonds is 0. The second-order valence-corrected chi connectivity index (χ2v) is 4.47. The van der Waals surface area contributed by atoms with Crippen molar-refractivity contribution in [3.05, 3.63) is 18.0 Å². The fourth-order valence-electron chi connectivity index (χ4n) is 1.61. The van der Waals surface area contributed by atoms with Gasteiger partial charge in [-0.3, -0.25) is 0 Å². The average Bonchev–Trinajstić information content (AvgIpc) is 2.47. The first-order valence-electron chi connectivity index (χ1n) is 4.59. The molecule has 0 atom stereocenters. The standard InChI is InChI=1S/C10H14N4/c1-10(2,3)6-4-12-7-5-13-14-9(11)8(6)7/h4-5,12H,1-3H3,(H2,11,14). The van der Waals surface area contributed by atoms with Crippen LogP contribution in [-0.4, -0.2) is 15.2 Å². The number of nitrogens with two attached hydrogens (primary N) is 1. The van der Waals surface area contributed by atoms with Gasteiger partial charge in [0.15, 0.2) is 5.82 Å². The summed E-state index contributed by atoms with van der Waals surface area (Å²) in [6.07, 6.45) is 3.67. The smallest absolute Gasteiger partial charge is 0.155 e. The van der Waals surface area contributed by atoms with Crippen molar-refractivity contribution < 1.29 is 0 Å². The summed E-state index contributed by atoms with van der Waals surface area (Å²) in [6, 6.07) is 0. The van der Waals surface area contributed by atoms with Crippen LogP contribution in [0.3, 0.4) is 0 Å². The van der Waals surface area contributed by atoms with E-state index in [1.807, 2.05) is 6.20 Å². The molecule has 4 nitrogen and oxygen atoms in total. The van der Waals surface area contributed by atoms with E-state index < -0.39 is 0 Å². The first-order valence-corrected chi connectivity index (χ1v) is 4.59. The molecule has 3 N–H and O–H groups in total. The molecule has 0 fully saturated rings. The fourth-order valence-corrected chi connectivity index (χ4v) is 1.61. The minimum atomic E-state index is 0.0649. The summed E-state index contributed by atoms with van der Waals surface area (Å²) in [6.45, 7) is 6.44. The molecule has 14 heavy (non-hydrogen) atoms. The lowest BCUT2D eigenvalue weighted by molar-refractivity contribution is 0.596. The third-order valence-electron chi connectivity index (χ3n) is 2.33. The van der Waals surface area contributed by atoms with Gasteiger partial charge in [-0.25, -0.2) is 0 Å². The Hall–Kier alpha value is -1.58. The van der Waals surface area contributed by atoms with Crippen molar-refractivity contribution in [3.63, 3.8) is 0 Å². The molecule has 0 unspecified atom stereocenters. The van der Waals surface area contributed by atoms with E-state index >= 15 is 0 Å². The summed E-state index contributed by atoms with van der Waals surface area (Å²) in [5.74, 6) is 0.494. The van der Waals surface area contributed by atoms with Crippen molar-refractivity contribution in [1.82, 2.24) is 15.2 Å². The Bertz CT molecular complexity index is 464. The molecule has 2 rings (SSSR count). The van der Waals surface area contributed by atoms with Crippen LogP contribution < -0.4 is 5.73 Å². The van der Waals surface area contributed by atoms with E-state index in [9.17, 15) is 0 Å². The number of anilines is 1. The minimum Gasteiger partial charge on any atom is -0.382 e. The van der Waals surface area contributed by atoms with Gasteiger partial charge in [0.1, 0.15) is 0 Å². The van der Waals surface area contributed by atoms with E-state index in [-0.39, 0.29) is 5.41 Å². The summed E-state index contributed by atoms with van der Waals surface area (Å²) >= 11 is 0. The van der Waals surface area contributed by atoms with Crippen molar-refractivity contribution in [2.24, 2.45) is 0 Å². The van der Waals surface area contributed by atoms with Gasteiger partial charge < -0.3 is 10.7 Å². The Balaban J connectivity index is 2.80. The molecular formula is C10H14N4. The molecule has 0 spiro atoms. The van der Waals surface area contributed by atoms with E-state index in [1.165, 1.54) is 5.56 Å². The number of aromatic nitrogens is 3. The van der Waals surface area contributed by atoms with Crippen molar-refractivity contribution >= 4 is 16.7 Å². The third kappa shape index (κ3) is 1.23. The predicted molar refractivity (Wildman–Crippen MR) is 57.0 cm³/mol. The summed E-state index contributed by atoms with van der Waals surface area (Å²) in [5, 5.41) is 8.66. The lowest BCUT2D eigenvalue weighted by atomic mass is 9.87. The SMILES string of the molecule is CC(C)(C)c1c[nH]c2cnnc(N)c12. The van der Waals surface area contributed by atoms with Crippen molar-refractivity contribution in [1.29, 1.82) is 0 Å². The molecule has 74 valence electrons. The van der Waals surface area contributed by atoms with Crippen LogP contribution in [0.4, 0.5) is 5.82 Å². The normalized spacial score (nSPS) is 12.2. The lowest BCUT2D eigenvalue weighted by Crippen LogP contribution is -2.11. The van der Waals surface area contributed by atoms with Gasteiger partial charge in [0.05, 0.1) is 11.7 Å². The maximum absolute atomic E-state index is 5.80. The molecule has 0 aromatic carbocycles. The van der Waals surface area contributed by atoms with E-state index in [0.29, 0.717) is 5.82 Å². The molecule has 2 aromatic heterocycles. The number of H-pyrrole nitrogens is 1. The molecule has 0 saturated heterocycles. The van der Waals surface area contributed by atoms with Crippen molar-refractivity contribution in [2.45, 2.75) is 26.2 Å². The highest BCUT2D eigenvalue weighted by Crippen LogP contribution is 2.31. The minimum absolute atomic E-state index is 0.0649. The first-order chi connectivity index (χ1) is 6.50. The highest BCUT2D eigenvalue weighted by molar-refractivity contribution is 5.91. The van der Waals surface area contributed by atoms with Crippen LogP contribution >= 0.6 is 0 Å². The summed E-state index contributed by atoms with van der Waals surface area (Å²) in [4.78, 5) is 3.15. The first kappa shape index (κ1) is 8.99. The summed E-state index contributed by atoms with van der Waals surface area (Å²) in [5.41, 5.74) is 8.00. The van der Waals surface area contributed by atoms with Gasteiger partial charge in [-0.1, -0.05) is 20.8 Å². The predicted octanol–water partition coefficient (Wildman–Crippen LogP) is 1.84. The zero-order valence-corrected chi connectivity index (χ0v) is 8.63. The number of fused-ring (bicyclic) bond motifs is 1. The van der Waals surface area contributed by atoms with Crippen LogP contribution in [-0.2, 0) is 5.41 Å². The number of hydrogen-bond donors (Lipinski definition) is 2. The van der Waals surface area contributed by atoms with Crippen molar-refractivity contribution in [2.75, 3.05) is 5.73 Å². The largest absolute Gasteiger partial charge is 0.382 e. The lowest BCUT2D eigenvalue weighted by Gasteiger charge is -2.17. The molecular weight excluding hydrogens is 176 g/mol. The number of hydrogen-bond acceptors (Lipinski definition) is 3.